The van der Waals surface area contributed by atoms with Crippen molar-refractivity contribution in [2.75, 3.05) is 4.90 Å². The van der Waals surface area contributed by atoms with Crippen molar-refractivity contribution in [3.8, 4) is 0 Å². The lowest BCUT2D eigenvalue weighted by atomic mass is 10.0. The van der Waals surface area contributed by atoms with Gasteiger partial charge in [0.15, 0.2) is 5.78 Å². The first kappa shape index (κ1) is 15.6. The van der Waals surface area contributed by atoms with E-state index in [1.54, 1.807) is 0 Å². The first-order chi connectivity index (χ1) is 12.3. The predicted octanol–water partition coefficient (Wildman–Crippen LogP) is 4.89. The number of benzene rings is 3. The zero-order chi connectivity index (χ0) is 17.1. The van der Waals surface area contributed by atoms with Gasteiger partial charge in [-0.3, -0.25) is 4.79 Å². The Labute approximate surface area is 148 Å². The summed E-state index contributed by atoms with van der Waals surface area (Å²) in [5.74, 6) is 0.219. The number of rotatable bonds is 5. The fourth-order valence-electron chi connectivity index (χ4n) is 3.66. The number of carbonyl (C=O) groups excluding carboxylic acids is 1. The monoisotopic (exact) mass is 327 g/mol. The van der Waals surface area contributed by atoms with Crippen molar-refractivity contribution in [3.63, 3.8) is 0 Å². The molecular weight excluding hydrogens is 306 g/mol. The summed E-state index contributed by atoms with van der Waals surface area (Å²) in [6, 6.07) is 28.8. The molecule has 3 aromatic rings. The topological polar surface area (TPSA) is 20.3 Å². The van der Waals surface area contributed by atoms with Crippen molar-refractivity contribution in [1.29, 1.82) is 0 Å². The van der Waals surface area contributed by atoms with Gasteiger partial charge in [0.25, 0.3) is 0 Å². The predicted molar refractivity (Wildman–Crippen MR) is 102 cm³/mol. The normalized spacial score (nSPS) is 15.8. The Balaban J connectivity index is 1.59. The van der Waals surface area contributed by atoms with E-state index in [0.717, 1.165) is 18.5 Å². The standard InChI is InChI=1S/C23H21NO/c25-23(19-11-5-2-6-12-19)16-21-15-20-13-7-8-14-22(20)24(21)17-18-9-3-1-4-10-18/h1-14,21H,15-17H2. The fourth-order valence-corrected chi connectivity index (χ4v) is 3.66. The lowest BCUT2D eigenvalue weighted by molar-refractivity contribution is 0.0974. The molecule has 0 N–H and O–H groups in total. The highest BCUT2D eigenvalue weighted by molar-refractivity contribution is 5.96. The zero-order valence-corrected chi connectivity index (χ0v) is 14.1. The highest BCUT2D eigenvalue weighted by atomic mass is 16.1. The van der Waals surface area contributed by atoms with Gasteiger partial charge in [0.1, 0.15) is 0 Å². The van der Waals surface area contributed by atoms with E-state index in [1.807, 2.05) is 36.4 Å². The SMILES string of the molecule is O=C(CC1Cc2ccccc2N1Cc1ccccc1)c1ccccc1. The van der Waals surface area contributed by atoms with Crippen LogP contribution in [-0.4, -0.2) is 11.8 Å². The summed E-state index contributed by atoms with van der Waals surface area (Å²) in [4.78, 5) is 15.1. The first-order valence-electron chi connectivity index (χ1n) is 8.78. The third-order valence-electron chi connectivity index (χ3n) is 4.91. The van der Waals surface area contributed by atoms with Crippen molar-refractivity contribution < 1.29 is 4.79 Å². The molecule has 0 bridgehead atoms. The summed E-state index contributed by atoms with van der Waals surface area (Å²) in [7, 11) is 0. The number of hydrogen-bond donors (Lipinski definition) is 0. The highest BCUT2D eigenvalue weighted by Crippen LogP contribution is 2.35. The minimum Gasteiger partial charge on any atom is -0.363 e. The van der Waals surface area contributed by atoms with Gasteiger partial charge in [-0.1, -0.05) is 78.9 Å². The van der Waals surface area contributed by atoms with Crippen LogP contribution in [0.5, 0.6) is 0 Å². The summed E-state index contributed by atoms with van der Waals surface area (Å²) in [6.45, 7) is 0.838. The number of fused-ring (bicyclic) bond motifs is 1. The van der Waals surface area contributed by atoms with Gasteiger partial charge in [0.05, 0.1) is 0 Å². The molecule has 0 fully saturated rings. The molecule has 3 aromatic carbocycles. The molecule has 4 rings (SSSR count). The summed E-state index contributed by atoms with van der Waals surface area (Å²) in [5, 5.41) is 0. The van der Waals surface area contributed by atoms with Crippen LogP contribution in [0.2, 0.25) is 0 Å². The summed E-state index contributed by atoms with van der Waals surface area (Å²) >= 11 is 0. The van der Waals surface area contributed by atoms with E-state index in [9.17, 15) is 4.79 Å². The molecule has 2 heteroatoms. The Kier molecular flexibility index (Phi) is 4.34. The number of para-hydroxylation sites is 1. The van der Waals surface area contributed by atoms with Crippen LogP contribution in [0.1, 0.15) is 27.9 Å². The van der Waals surface area contributed by atoms with E-state index >= 15 is 0 Å². The molecule has 25 heavy (non-hydrogen) atoms. The van der Waals surface area contributed by atoms with Crippen LogP contribution in [0.3, 0.4) is 0 Å². The minimum absolute atomic E-state index is 0.213. The van der Waals surface area contributed by atoms with Crippen LogP contribution in [0, 0.1) is 0 Å². The van der Waals surface area contributed by atoms with E-state index in [0.29, 0.717) is 6.42 Å². The van der Waals surface area contributed by atoms with E-state index in [-0.39, 0.29) is 11.8 Å². The first-order valence-corrected chi connectivity index (χ1v) is 8.78. The number of ketones is 1. The van der Waals surface area contributed by atoms with Crippen molar-refractivity contribution in [2.24, 2.45) is 0 Å². The molecule has 1 aliphatic rings. The lowest BCUT2D eigenvalue weighted by Crippen LogP contribution is -2.33. The van der Waals surface area contributed by atoms with Gasteiger partial charge in [0.2, 0.25) is 0 Å². The maximum atomic E-state index is 12.7. The quantitative estimate of drug-likeness (QED) is 0.622. The van der Waals surface area contributed by atoms with Crippen molar-refractivity contribution in [3.05, 3.63) is 102 Å². The molecule has 0 radical (unpaired) electrons. The van der Waals surface area contributed by atoms with Gasteiger partial charge in [-0.05, 0) is 23.6 Å². The van der Waals surface area contributed by atoms with Crippen molar-refractivity contribution >= 4 is 11.5 Å². The second-order valence-electron chi connectivity index (χ2n) is 6.59. The molecular formula is C23H21NO. The molecule has 0 saturated carbocycles. The molecule has 0 aliphatic carbocycles. The molecule has 1 atom stereocenters. The smallest absolute Gasteiger partial charge is 0.164 e. The van der Waals surface area contributed by atoms with E-state index in [4.69, 9.17) is 0 Å². The van der Waals surface area contributed by atoms with Crippen LogP contribution in [-0.2, 0) is 13.0 Å². The molecule has 0 saturated heterocycles. The average Bonchev–Trinajstić information content (AvgIpc) is 3.00. The molecule has 1 unspecified atom stereocenters. The third-order valence-corrected chi connectivity index (χ3v) is 4.91. The summed E-state index contributed by atoms with van der Waals surface area (Å²) < 4.78 is 0. The Bertz CT molecular complexity index is 858. The van der Waals surface area contributed by atoms with Crippen LogP contribution in [0.25, 0.3) is 0 Å². The number of nitrogens with zero attached hydrogens (tertiary/aromatic N) is 1. The maximum Gasteiger partial charge on any atom is 0.164 e. The van der Waals surface area contributed by atoms with Crippen LogP contribution in [0.4, 0.5) is 5.69 Å². The fraction of sp³-hybridized carbons (Fsp3) is 0.174. The lowest BCUT2D eigenvalue weighted by Gasteiger charge is -2.27. The second kappa shape index (κ2) is 6.94. The van der Waals surface area contributed by atoms with Gasteiger partial charge in [0, 0.05) is 30.3 Å². The summed E-state index contributed by atoms with van der Waals surface area (Å²) in [6.07, 6.45) is 1.48. The van der Waals surface area contributed by atoms with Gasteiger partial charge in [-0.25, -0.2) is 0 Å². The third kappa shape index (κ3) is 3.34. The van der Waals surface area contributed by atoms with E-state index < -0.39 is 0 Å². The maximum absolute atomic E-state index is 12.7. The Hall–Kier alpha value is -2.87. The minimum atomic E-state index is 0.213. The molecule has 0 spiro atoms. The van der Waals surface area contributed by atoms with Gasteiger partial charge in [-0.2, -0.15) is 0 Å². The molecule has 2 nitrogen and oxygen atoms in total. The molecule has 1 aliphatic heterocycles. The van der Waals surface area contributed by atoms with E-state index in [2.05, 4.69) is 53.4 Å². The Morgan fingerprint density at radius 1 is 0.840 bits per heavy atom. The number of hydrogen-bond acceptors (Lipinski definition) is 2. The van der Waals surface area contributed by atoms with Crippen molar-refractivity contribution in [2.45, 2.75) is 25.4 Å². The summed E-state index contributed by atoms with van der Waals surface area (Å²) in [5.41, 5.74) is 4.68. The van der Waals surface area contributed by atoms with Crippen molar-refractivity contribution in [1.82, 2.24) is 0 Å². The Morgan fingerprint density at radius 2 is 1.48 bits per heavy atom. The van der Waals surface area contributed by atoms with Gasteiger partial charge in [-0.15, -0.1) is 0 Å². The van der Waals surface area contributed by atoms with E-state index in [1.165, 1.54) is 16.8 Å². The molecule has 0 aromatic heterocycles. The second-order valence-corrected chi connectivity index (χ2v) is 6.59. The van der Waals surface area contributed by atoms with Crippen LogP contribution < -0.4 is 4.90 Å². The van der Waals surface area contributed by atoms with Crippen LogP contribution >= 0.6 is 0 Å². The highest BCUT2D eigenvalue weighted by Gasteiger charge is 2.30. The number of carbonyl (C=O) groups is 1. The zero-order valence-electron chi connectivity index (χ0n) is 14.1. The average molecular weight is 327 g/mol. The molecule has 0 amide bonds. The number of anilines is 1. The van der Waals surface area contributed by atoms with Gasteiger partial charge >= 0.3 is 0 Å². The Morgan fingerprint density at radius 3 is 2.24 bits per heavy atom. The largest absolute Gasteiger partial charge is 0.363 e. The van der Waals surface area contributed by atoms with Crippen LogP contribution in [0.15, 0.2) is 84.9 Å². The molecule has 124 valence electrons. The number of Topliss-reactive ketones (excluding diaryl/α,β-unsaturated/α-hetero) is 1. The van der Waals surface area contributed by atoms with Gasteiger partial charge < -0.3 is 4.90 Å². The molecule has 1 heterocycles.